The van der Waals surface area contributed by atoms with Crippen LogP contribution < -0.4 is 5.32 Å². The highest BCUT2D eigenvalue weighted by Gasteiger charge is 2.18. The lowest BCUT2D eigenvalue weighted by Crippen LogP contribution is -2.34. The average molecular weight is 155 g/mol. The molecule has 0 spiro atoms. The molecule has 0 aromatic heterocycles. The van der Waals surface area contributed by atoms with Crippen molar-refractivity contribution in [1.82, 2.24) is 5.32 Å². The van der Waals surface area contributed by atoms with Crippen molar-refractivity contribution in [2.75, 3.05) is 6.54 Å². The molecule has 1 unspecified atom stereocenters. The lowest BCUT2D eigenvalue weighted by molar-refractivity contribution is 0.284. The lowest BCUT2D eigenvalue weighted by Gasteiger charge is -2.27. The van der Waals surface area contributed by atoms with Crippen molar-refractivity contribution in [1.29, 1.82) is 0 Å². The smallest absolute Gasteiger partial charge is 0.00668 e. The van der Waals surface area contributed by atoms with Crippen molar-refractivity contribution in [3.63, 3.8) is 0 Å². The van der Waals surface area contributed by atoms with Crippen LogP contribution in [-0.4, -0.2) is 12.6 Å². The normalized spacial score (nSPS) is 23.5. The van der Waals surface area contributed by atoms with Crippen LogP contribution >= 0.6 is 0 Å². The molecule has 66 valence electrons. The van der Waals surface area contributed by atoms with Gasteiger partial charge in [0.1, 0.15) is 0 Å². The summed E-state index contributed by atoms with van der Waals surface area (Å²) in [6.07, 6.45) is 7.29. The molecule has 0 amide bonds. The second-order valence-electron chi connectivity index (χ2n) is 3.74. The summed E-state index contributed by atoms with van der Waals surface area (Å²) in [4.78, 5) is 0. The van der Waals surface area contributed by atoms with Gasteiger partial charge in [-0.2, -0.15) is 0 Å². The van der Waals surface area contributed by atoms with Gasteiger partial charge in [0.05, 0.1) is 0 Å². The third-order valence-corrected chi connectivity index (χ3v) is 2.88. The van der Waals surface area contributed by atoms with Crippen LogP contribution in [0.1, 0.15) is 46.0 Å². The monoisotopic (exact) mass is 155 g/mol. The fraction of sp³-hybridized carbons (Fsp3) is 1.00. The maximum Gasteiger partial charge on any atom is 0.00668 e. The first-order valence-corrected chi connectivity index (χ1v) is 5.08. The van der Waals surface area contributed by atoms with E-state index in [-0.39, 0.29) is 0 Å². The number of hydrogen-bond acceptors (Lipinski definition) is 1. The van der Waals surface area contributed by atoms with E-state index in [9.17, 15) is 0 Å². The van der Waals surface area contributed by atoms with Gasteiger partial charge in [-0.05, 0) is 32.2 Å². The second kappa shape index (κ2) is 4.76. The zero-order valence-corrected chi connectivity index (χ0v) is 7.90. The van der Waals surface area contributed by atoms with Crippen molar-refractivity contribution in [2.24, 2.45) is 5.92 Å². The molecule has 1 nitrogen and oxygen atoms in total. The molecule has 0 radical (unpaired) electrons. The van der Waals surface area contributed by atoms with Crippen LogP contribution in [0.15, 0.2) is 0 Å². The van der Waals surface area contributed by atoms with Gasteiger partial charge in [0.15, 0.2) is 0 Å². The van der Waals surface area contributed by atoms with Crippen molar-refractivity contribution in [2.45, 2.75) is 52.0 Å². The minimum absolute atomic E-state index is 0.750. The molecule has 1 saturated carbocycles. The number of nitrogens with one attached hydrogen (secondary N) is 1. The molecule has 1 heteroatoms. The van der Waals surface area contributed by atoms with Gasteiger partial charge < -0.3 is 5.32 Å². The highest BCUT2D eigenvalue weighted by atomic mass is 14.9. The van der Waals surface area contributed by atoms with Crippen LogP contribution in [0.25, 0.3) is 0 Å². The minimum atomic E-state index is 0.750. The molecule has 1 fully saturated rings. The topological polar surface area (TPSA) is 12.0 Å². The summed E-state index contributed by atoms with van der Waals surface area (Å²) in [5, 5.41) is 3.52. The Morgan fingerprint density at radius 1 is 1.27 bits per heavy atom. The van der Waals surface area contributed by atoms with Gasteiger partial charge in [0, 0.05) is 6.04 Å². The maximum absolute atomic E-state index is 3.52. The third kappa shape index (κ3) is 2.82. The van der Waals surface area contributed by atoms with Gasteiger partial charge in [0.2, 0.25) is 0 Å². The maximum atomic E-state index is 3.52. The highest BCUT2D eigenvalue weighted by Crippen LogP contribution is 2.25. The van der Waals surface area contributed by atoms with Crippen LogP contribution in [0.5, 0.6) is 0 Å². The summed E-state index contributed by atoms with van der Waals surface area (Å²) >= 11 is 0. The molecule has 1 N–H and O–H groups in total. The second-order valence-corrected chi connectivity index (χ2v) is 3.74. The zero-order valence-electron chi connectivity index (χ0n) is 7.90. The molecule has 11 heavy (non-hydrogen) atoms. The van der Waals surface area contributed by atoms with E-state index in [1.807, 2.05) is 0 Å². The lowest BCUT2D eigenvalue weighted by atomic mass is 9.84. The largest absolute Gasteiger partial charge is 0.314 e. The summed E-state index contributed by atoms with van der Waals surface area (Å²) in [5.74, 6) is 0.962. The van der Waals surface area contributed by atoms with E-state index in [2.05, 4.69) is 19.2 Å². The van der Waals surface area contributed by atoms with E-state index in [1.54, 1.807) is 0 Å². The Bertz CT molecular complexity index is 95.0. The van der Waals surface area contributed by atoms with Crippen molar-refractivity contribution < 1.29 is 0 Å². The quantitative estimate of drug-likeness (QED) is 0.660. The molecule has 1 aliphatic rings. The first-order chi connectivity index (χ1) is 5.34. The Hall–Kier alpha value is -0.0400. The predicted octanol–water partition coefficient (Wildman–Crippen LogP) is 2.56. The van der Waals surface area contributed by atoms with Crippen LogP contribution in [0, 0.1) is 5.92 Å². The summed E-state index contributed by atoms with van der Waals surface area (Å²) in [7, 11) is 0. The van der Waals surface area contributed by atoms with E-state index in [0.29, 0.717) is 0 Å². The molecule has 1 aliphatic carbocycles. The molecule has 0 heterocycles. The Morgan fingerprint density at radius 2 is 1.91 bits per heavy atom. The molecular formula is C10H21N. The van der Waals surface area contributed by atoms with Gasteiger partial charge in [0.25, 0.3) is 0 Å². The molecule has 1 rings (SSSR count). The molecule has 0 aromatic rings. The van der Waals surface area contributed by atoms with Gasteiger partial charge in [-0.25, -0.2) is 0 Å². The molecule has 0 aromatic carbocycles. The summed E-state index contributed by atoms with van der Waals surface area (Å²) in [6, 6.07) is 0.750. The first-order valence-electron chi connectivity index (χ1n) is 5.08. The predicted molar refractivity (Wildman–Crippen MR) is 49.7 cm³/mol. The Morgan fingerprint density at radius 3 is 2.45 bits per heavy atom. The Balaban J connectivity index is 2.21. The van der Waals surface area contributed by atoms with E-state index in [0.717, 1.165) is 18.5 Å². The van der Waals surface area contributed by atoms with Gasteiger partial charge >= 0.3 is 0 Å². The van der Waals surface area contributed by atoms with Crippen LogP contribution in [-0.2, 0) is 0 Å². The standard InChI is InChI=1S/C10H21N/c1-3-11-9(2)10-7-5-4-6-8-10/h9-11H,3-8H2,1-2H3. The molecule has 0 aliphatic heterocycles. The molecule has 1 atom stereocenters. The molecule has 0 bridgehead atoms. The van der Waals surface area contributed by atoms with Gasteiger partial charge in [-0.1, -0.05) is 26.2 Å². The van der Waals surface area contributed by atoms with E-state index >= 15 is 0 Å². The number of rotatable bonds is 3. The average Bonchev–Trinajstić information content (AvgIpc) is 2.07. The number of hydrogen-bond donors (Lipinski definition) is 1. The summed E-state index contributed by atoms with van der Waals surface area (Å²) < 4.78 is 0. The molecular weight excluding hydrogens is 134 g/mol. The van der Waals surface area contributed by atoms with Crippen LogP contribution in [0.3, 0.4) is 0 Å². The Kier molecular flexibility index (Phi) is 3.92. The summed E-state index contributed by atoms with van der Waals surface area (Å²) in [5.41, 5.74) is 0. The SMILES string of the molecule is CCNC(C)C1CCCCC1. The van der Waals surface area contributed by atoms with E-state index in [1.165, 1.54) is 32.1 Å². The third-order valence-electron chi connectivity index (χ3n) is 2.88. The van der Waals surface area contributed by atoms with Gasteiger partial charge in [-0.15, -0.1) is 0 Å². The van der Waals surface area contributed by atoms with Crippen LogP contribution in [0.2, 0.25) is 0 Å². The minimum Gasteiger partial charge on any atom is -0.314 e. The van der Waals surface area contributed by atoms with Crippen molar-refractivity contribution in [3.05, 3.63) is 0 Å². The van der Waals surface area contributed by atoms with Crippen molar-refractivity contribution >= 4 is 0 Å². The highest BCUT2D eigenvalue weighted by molar-refractivity contribution is 4.74. The van der Waals surface area contributed by atoms with E-state index < -0.39 is 0 Å². The summed E-state index contributed by atoms with van der Waals surface area (Å²) in [6.45, 7) is 5.65. The zero-order chi connectivity index (χ0) is 8.10. The Labute approximate surface area is 70.6 Å². The fourth-order valence-electron chi connectivity index (χ4n) is 2.12. The molecule has 0 saturated heterocycles. The fourth-order valence-corrected chi connectivity index (χ4v) is 2.12. The van der Waals surface area contributed by atoms with Crippen LogP contribution in [0.4, 0.5) is 0 Å². The first kappa shape index (κ1) is 9.05. The van der Waals surface area contributed by atoms with E-state index in [4.69, 9.17) is 0 Å². The van der Waals surface area contributed by atoms with Crippen molar-refractivity contribution in [3.8, 4) is 0 Å². The van der Waals surface area contributed by atoms with Gasteiger partial charge in [-0.3, -0.25) is 0 Å².